The van der Waals surface area contributed by atoms with Gasteiger partial charge in [-0.15, -0.1) is 11.3 Å². The first-order chi connectivity index (χ1) is 12.0. The lowest BCUT2D eigenvalue weighted by molar-refractivity contribution is -0.160. The van der Waals surface area contributed by atoms with Crippen LogP contribution in [0.1, 0.15) is 25.8 Å². The van der Waals surface area contributed by atoms with Gasteiger partial charge in [0.25, 0.3) is 5.91 Å². The van der Waals surface area contributed by atoms with E-state index in [0.29, 0.717) is 22.7 Å². The summed E-state index contributed by atoms with van der Waals surface area (Å²) in [6.45, 7) is 3.27. The molecule has 1 heterocycles. The number of thiophene rings is 1. The molecule has 2 rings (SSSR count). The fraction of sp³-hybridized carbons (Fsp3) is 0.278. The molecule has 1 aromatic heterocycles. The van der Waals surface area contributed by atoms with Crippen molar-refractivity contribution >= 4 is 28.2 Å². The number of hydrogen-bond acceptors (Lipinski definition) is 6. The van der Waals surface area contributed by atoms with Crippen LogP contribution in [-0.4, -0.2) is 24.1 Å². The summed E-state index contributed by atoms with van der Waals surface area (Å²) in [5, 5.41) is 13.7. The fourth-order valence-electron chi connectivity index (χ4n) is 1.97. The highest BCUT2D eigenvalue weighted by molar-refractivity contribution is 7.14. The van der Waals surface area contributed by atoms with Gasteiger partial charge in [-0.05, 0) is 36.9 Å². The van der Waals surface area contributed by atoms with E-state index in [1.54, 1.807) is 42.6 Å². The van der Waals surface area contributed by atoms with E-state index in [-0.39, 0.29) is 0 Å². The van der Waals surface area contributed by atoms with Crippen molar-refractivity contribution in [3.63, 3.8) is 0 Å². The van der Waals surface area contributed by atoms with E-state index in [1.165, 1.54) is 18.3 Å². The minimum atomic E-state index is -1.01. The molecule has 130 valence electrons. The summed E-state index contributed by atoms with van der Waals surface area (Å²) in [4.78, 5) is 24.4. The van der Waals surface area contributed by atoms with Crippen LogP contribution in [0.25, 0.3) is 0 Å². The average Bonchev–Trinajstić information content (AvgIpc) is 3.07. The first kappa shape index (κ1) is 18.5. The van der Waals surface area contributed by atoms with E-state index in [9.17, 15) is 9.59 Å². The van der Waals surface area contributed by atoms with Crippen LogP contribution in [0, 0.1) is 11.3 Å². The van der Waals surface area contributed by atoms with Crippen LogP contribution in [0.2, 0.25) is 0 Å². The Bertz CT molecular complexity index is 767. The van der Waals surface area contributed by atoms with Crippen molar-refractivity contribution in [3.8, 4) is 11.8 Å². The summed E-state index contributed by atoms with van der Waals surface area (Å²) in [5.74, 6) is -0.553. The number of amides is 1. The Hall–Kier alpha value is -2.85. The Balaban J connectivity index is 1.93. The molecular formula is C18H18N2O4S. The lowest BCUT2D eigenvalue weighted by Crippen LogP contribution is -2.36. The van der Waals surface area contributed by atoms with Crippen molar-refractivity contribution in [1.82, 2.24) is 0 Å². The number of benzene rings is 1. The maximum atomic E-state index is 12.2. The van der Waals surface area contributed by atoms with Gasteiger partial charge in [0, 0.05) is 0 Å². The predicted octanol–water partition coefficient (Wildman–Crippen LogP) is 3.35. The minimum Gasteiger partial charge on any atom is -0.479 e. The van der Waals surface area contributed by atoms with Gasteiger partial charge in [-0.2, -0.15) is 5.26 Å². The first-order valence-corrected chi connectivity index (χ1v) is 8.63. The highest BCUT2D eigenvalue weighted by Crippen LogP contribution is 2.22. The van der Waals surface area contributed by atoms with Crippen LogP contribution in [0.4, 0.5) is 5.00 Å². The number of para-hydroxylation sites is 1. The van der Waals surface area contributed by atoms with Gasteiger partial charge in [0.2, 0.25) is 0 Å². The zero-order valence-electron chi connectivity index (χ0n) is 13.9. The topological polar surface area (TPSA) is 88.4 Å². The number of ether oxygens (including phenoxy) is 2. The van der Waals surface area contributed by atoms with Gasteiger partial charge in [-0.25, -0.2) is 4.79 Å². The Morgan fingerprint density at radius 2 is 2.00 bits per heavy atom. The monoisotopic (exact) mass is 358 g/mol. The maximum Gasteiger partial charge on any atom is 0.348 e. The quantitative estimate of drug-likeness (QED) is 0.767. The van der Waals surface area contributed by atoms with E-state index in [2.05, 4.69) is 5.32 Å². The number of nitriles is 1. The molecule has 0 spiro atoms. The van der Waals surface area contributed by atoms with E-state index in [1.807, 2.05) is 12.1 Å². The van der Waals surface area contributed by atoms with Crippen molar-refractivity contribution in [2.24, 2.45) is 0 Å². The van der Waals surface area contributed by atoms with Crippen molar-refractivity contribution in [3.05, 3.63) is 47.3 Å². The Kier molecular flexibility index (Phi) is 6.54. The number of anilines is 1. The summed E-state index contributed by atoms with van der Waals surface area (Å²) < 4.78 is 10.8. The maximum absolute atomic E-state index is 12.2. The minimum absolute atomic E-state index is 0.371. The number of carbonyl (C=O) groups excluding carboxylic acids is 2. The zero-order chi connectivity index (χ0) is 18.2. The van der Waals surface area contributed by atoms with Crippen molar-refractivity contribution in [1.29, 1.82) is 5.26 Å². The molecule has 6 nitrogen and oxygen atoms in total. The van der Waals surface area contributed by atoms with Gasteiger partial charge in [-0.3, -0.25) is 4.79 Å². The Labute approximate surface area is 150 Å². The highest BCUT2D eigenvalue weighted by Gasteiger charge is 2.26. The SMILES string of the molecule is CC[C@@H](Oc1ccccc1)C(=O)O[C@H](C)C(=O)Nc1sccc1C#N. The number of esters is 1. The summed E-state index contributed by atoms with van der Waals surface area (Å²) >= 11 is 1.23. The fourth-order valence-corrected chi connectivity index (χ4v) is 2.71. The normalized spacial score (nSPS) is 12.5. The molecule has 0 unspecified atom stereocenters. The van der Waals surface area contributed by atoms with E-state index in [0.717, 1.165) is 0 Å². The van der Waals surface area contributed by atoms with Crippen molar-refractivity contribution in [2.75, 3.05) is 5.32 Å². The van der Waals surface area contributed by atoms with E-state index < -0.39 is 24.1 Å². The molecule has 25 heavy (non-hydrogen) atoms. The number of carbonyl (C=O) groups is 2. The van der Waals surface area contributed by atoms with Crippen LogP contribution >= 0.6 is 11.3 Å². The van der Waals surface area contributed by atoms with Crippen LogP contribution < -0.4 is 10.1 Å². The molecule has 0 radical (unpaired) electrons. The molecule has 7 heteroatoms. The average molecular weight is 358 g/mol. The van der Waals surface area contributed by atoms with Crippen LogP contribution in [-0.2, 0) is 14.3 Å². The standard InChI is InChI=1S/C18H18N2O4S/c1-3-15(24-14-7-5-4-6-8-14)18(22)23-12(2)16(21)20-17-13(11-19)9-10-25-17/h4-10,12,15H,3H2,1-2H3,(H,20,21)/t12-,15-/m1/s1. The van der Waals surface area contributed by atoms with Gasteiger partial charge in [0.05, 0.1) is 5.56 Å². The van der Waals surface area contributed by atoms with Gasteiger partial charge >= 0.3 is 5.97 Å². The lowest BCUT2D eigenvalue weighted by atomic mass is 10.2. The Morgan fingerprint density at radius 1 is 1.28 bits per heavy atom. The Morgan fingerprint density at radius 3 is 2.64 bits per heavy atom. The molecule has 0 fully saturated rings. The third kappa shape index (κ3) is 5.06. The van der Waals surface area contributed by atoms with E-state index in [4.69, 9.17) is 14.7 Å². The second-order valence-electron chi connectivity index (χ2n) is 5.17. The number of hydrogen-bond donors (Lipinski definition) is 1. The summed E-state index contributed by atoms with van der Waals surface area (Å²) in [7, 11) is 0. The zero-order valence-corrected chi connectivity index (χ0v) is 14.7. The molecule has 0 saturated heterocycles. The third-order valence-electron chi connectivity index (χ3n) is 3.34. The molecule has 2 atom stereocenters. The second kappa shape index (κ2) is 8.85. The number of nitrogens with zero attached hydrogens (tertiary/aromatic N) is 1. The smallest absolute Gasteiger partial charge is 0.348 e. The predicted molar refractivity (Wildman–Crippen MR) is 94.4 cm³/mol. The van der Waals surface area contributed by atoms with Gasteiger partial charge < -0.3 is 14.8 Å². The van der Waals surface area contributed by atoms with Crippen molar-refractivity contribution in [2.45, 2.75) is 32.5 Å². The molecule has 1 aromatic carbocycles. The third-order valence-corrected chi connectivity index (χ3v) is 4.17. The highest BCUT2D eigenvalue weighted by atomic mass is 32.1. The molecule has 2 aromatic rings. The van der Waals surface area contributed by atoms with Crippen LogP contribution in [0.5, 0.6) is 5.75 Å². The summed E-state index contributed by atoms with van der Waals surface area (Å²) in [6, 6.07) is 12.5. The molecule has 0 bridgehead atoms. The van der Waals surface area contributed by atoms with Gasteiger partial charge in [0.1, 0.15) is 16.8 Å². The molecule has 1 N–H and O–H groups in total. The van der Waals surface area contributed by atoms with Crippen LogP contribution in [0.15, 0.2) is 41.8 Å². The largest absolute Gasteiger partial charge is 0.479 e. The number of rotatable bonds is 7. The summed E-state index contributed by atoms with van der Waals surface area (Å²) in [5.41, 5.74) is 0.371. The van der Waals surface area contributed by atoms with Gasteiger partial charge in [-0.1, -0.05) is 25.1 Å². The molecular weight excluding hydrogens is 340 g/mol. The molecule has 0 aliphatic heterocycles. The van der Waals surface area contributed by atoms with Crippen molar-refractivity contribution < 1.29 is 19.1 Å². The summed E-state index contributed by atoms with van der Waals surface area (Å²) in [6.07, 6.45) is -1.39. The lowest BCUT2D eigenvalue weighted by Gasteiger charge is -2.19. The molecule has 0 saturated carbocycles. The second-order valence-corrected chi connectivity index (χ2v) is 6.09. The first-order valence-electron chi connectivity index (χ1n) is 7.75. The van der Waals surface area contributed by atoms with Gasteiger partial charge in [0.15, 0.2) is 12.2 Å². The molecule has 0 aliphatic carbocycles. The number of nitrogens with one attached hydrogen (secondary N) is 1. The van der Waals surface area contributed by atoms with Crippen LogP contribution in [0.3, 0.4) is 0 Å². The molecule has 1 amide bonds. The molecule has 0 aliphatic rings. The van der Waals surface area contributed by atoms with E-state index >= 15 is 0 Å².